The van der Waals surface area contributed by atoms with E-state index in [-0.39, 0.29) is 18.0 Å². The summed E-state index contributed by atoms with van der Waals surface area (Å²) in [6, 6.07) is 4.32. The Labute approximate surface area is 113 Å². The average molecular weight is 262 g/mol. The fraction of sp³-hybridized carbons (Fsp3) is 0.400. The minimum Gasteiger partial charge on any atom is -0.326 e. The molecule has 0 saturated carbocycles. The molecule has 0 fully saturated rings. The second-order valence-corrected chi connectivity index (χ2v) is 4.89. The third kappa shape index (κ3) is 4.08. The Kier molecular flexibility index (Phi) is 5.08. The first-order valence-corrected chi connectivity index (χ1v) is 6.20. The van der Waals surface area contributed by atoms with E-state index in [1.807, 2.05) is 20.8 Å². The van der Waals surface area contributed by atoms with Crippen LogP contribution in [0, 0.1) is 23.1 Å². The highest BCUT2D eigenvalue weighted by Gasteiger charge is 2.25. The topological polar surface area (TPSA) is 55.1 Å². The lowest BCUT2D eigenvalue weighted by Crippen LogP contribution is -2.30. The average Bonchev–Trinajstić information content (AvgIpc) is 2.39. The van der Waals surface area contributed by atoms with E-state index in [1.165, 1.54) is 18.2 Å². The van der Waals surface area contributed by atoms with Crippen molar-refractivity contribution >= 4 is 11.6 Å². The summed E-state index contributed by atoms with van der Waals surface area (Å²) in [4.78, 5) is 12.0. The first kappa shape index (κ1) is 15.2. The molecule has 1 rings (SSSR count). The number of nitrogens with one attached hydrogen (secondary N) is 1. The van der Waals surface area contributed by atoms with Gasteiger partial charge in [-0.05, 0) is 24.6 Å². The maximum atomic E-state index is 13.5. The van der Waals surface area contributed by atoms with Gasteiger partial charge in [0.25, 0.3) is 0 Å². The number of rotatable bonds is 3. The summed E-state index contributed by atoms with van der Waals surface area (Å²) in [5.41, 5.74) is 5.56. The van der Waals surface area contributed by atoms with Crippen molar-refractivity contribution in [3.8, 4) is 11.8 Å². The van der Waals surface area contributed by atoms with Gasteiger partial charge in [0.05, 0.1) is 12.1 Å². The zero-order chi connectivity index (χ0) is 14.5. The van der Waals surface area contributed by atoms with Crippen LogP contribution in [0.15, 0.2) is 18.2 Å². The number of nitrogens with two attached hydrogens (primary N) is 1. The molecule has 0 unspecified atom stereocenters. The molecule has 0 atom stereocenters. The molecule has 4 heteroatoms. The standard InChI is InChI=1S/C15H19FN2O/c1-4-15(2,3)14(19)18-12-7-8-13(16)11(10-12)6-5-9-17/h7-8,10H,4,9,17H2,1-3H3,(H,18,19). The fourth-order valence-corrected chi connectivity index (χ4v) is 1.31. The van der Waals surface area contributed by atoms with E-state index in [9.17, 15) is 9.18 Å². The molecule has 0 radical (unpaired) electrons. The highest BCUT2D eigenvalue weighted by Crippen LogP contribution is 2.23. The van der Waals surface area contributed by atoms with Gasteiger partial charge in [0, 0.05) is 11.1 Å². The molecule has 0 saturated heterocycles. The Morgan fingerprint density at radius 2 is 2.16 bits per heavy atom. The number of amides is 1. The van der Waals surface area contributed by atoms with Gasteiger partial charge in [-0.2, -0.15) is 0 Å². The highest BCUT2D eigenvalue weighted by atomic mass is 19.1. The molecule has 1 amide bonds. The maximum absolute atomic E-state index is 13.5. The van der Waals surface area contributed by atoms with E-state index in [2.05, 4.69) is 17.2 Å². The second-order valence-electron chi connectivity index (χ2n) is 4.89. The lowest BCUT2D eigenvalue weighted by atomic mass is 9.89. The predicted octanol–water partition coefficient (Wildman–Crippen LogP) is 2.51. The zero-order valence-corrected chi connectivity index (χ0v) is 11.5. The van der Waals surface area contributed by atoms with Crippen molar-refractivity contribution < 1.29 is 9.18 Å². The molecule has 0 spiro atoms. The number of carbonyl (C=O) groups excluding carboxylic acids is 1. The number of halogens is 1. The largest absolute Gasteiger partial charge is 0.326 e. The number of benzene rings is 1. The summed E-state index contributed by atoms with van der Waals surface area (Å²) in [7, 11) is 0. The van der Waals surface area contributed by atoms with Crippen molar-refractivity contribution in [1.29, 1.82) is 0 Å². The number of hydrogen-bond acceptors (Lipinski definition) is 2. The van der Waals surface area contributed by atoms with Crippen LogP contribution in [-0.2, 0) is 4.79 Å². The third-order valence-corrected chi connectivity index (χ3v) is 3.05. The summed E-state index contributed by atoms with van der Waals surface area (Å²) in [5, 5.41) is 2.77. The Hall–Kier alpha value is -1.86. The fourth-order valence-electron chi connectivity index (χ4n) is 1.31. The monoisotopic (exact) mass is 262 g/mol. The Morgan fingerprint density at radius 3 is 2.74 bits per heavy atom. The van der Waals surface area contributed by atoms with Gasteiger partial charge in [-0.15, -0.1) is 0 Å². The van der Waals surface area contributed by atoms with Crippen LogP contribution in [0.25, 0.3) is 0 Å². The van der Waals surface area contributed by atoms with Crippen LogP contribution in [0.1, 0.15) is 32.8 Å². The third-order valence-electron chi connectivity index (χ3n) is 3.05. The Bertz CT molecular complexity index is 527. The molecule has 0 aliphatic heterocycles. The second kappa shape index (κ2) is 6.35. The summed E-state index contributed by atoms with van der Waals surface area (Å²) < 4.78 is 13.5. The van der Waals surface area contributed by atoms with E-state index in [0.29, 0.717) is 5.69 Å². The number of anilines is 1. The van der Waals surface area contributed by atoms with E-state index >= 15 is 0 Å². The van der Waals surface area contributed by atoms with Crippen LogP contribution in [0.5, 0.6) is 0 Å². The van der Waals surface area contributed by atoms with Gasteiger partial charge in [-0.3, -0.25) is 4.79 Å². The molecule has 1 aromatic carbocycles. The molecule has 3 N–H and O–H groups in total. The molecule has 19 heavy (non-hydrogen) atoms. The molecule has 0 bridgehead atoms. The van der Waals surface area contributed by atoms with Crippen LogP contribution < -0.4 is 11.1 Å². The lowest BCUT2D eigenvalue weighted by Gasteiger charge is -2.21. The molecule has 0 aliphatic rings. The predicted molar refractivity (Wildman–Crippen MR) is 75.0 cm³/mol. The minimum absolute atomic E-state index is 0.0978. The molecule has 102 valence electrons. The minimum atomic E-state index is -0.461. The van der Waals surface area contributed by atoms with Crippen LogP contribution in [0.3, 0.4) is 0 Å². The normalized spacial score (nSPS) is 10.6. The van der Waals surface area contributed by atoms with Crippen LogP contribution in [0.4, 0.5) is 10.1 Å². The van der Waals surface area contributed by atoms with Crippen molar-refractivity contribution in [2.24, 2.45) is 11.1 Å². The summed E-state index contributed by atoms with van der Waals surface area (Å²) >= 11 is 0. The van der Waals surface area contributed by atoms with Gasteiger partial charge >= 0.3 is 0 Å². The lowest BCUT2D eigenvalue weighted by molar-refractivity contribution is -0.124. The SMILES string of the molecule is CCC(C)(C)C(=O)Nc1ccc(F)c(C#CCN)c1. The van der Waals surface area contributed by atoms with Crippen molar-refractivity contribution in [2.45, 2.75) is 27.2 Å². The van der Waals surface area contributed by atoms with E-state index in [1.54, 1.807) is 0 Å². The Morgan fingerprint density at radius 1 is 1.47 bits per heavy atom. The van der Waals surface area contributed by atoms with Crippen LogP contribution >= 0.6 is 0 Å². The van der Waals surface area contributed by atoms with E-state index < -0.39 is 11.2 Å². The van der Waals surface area contributed by atoms with Crippen molar-refractivity contribution in [1.82, 2.24) is 0 Å². The summed E-state index contributed by atoms with van der Waals surface area (Å²) in [6.07, 6.45) is 0.722. The number of carbonyl (C=O) groups is 1. The first-order chi connectivity index (χ1) is 8.90. The van der Waals surface area contributed by atoms with Gasteiger partial charge in [-0.25, -0.2) is 4.39 Å². The molecular formula is C15H19FN2O. The van der Waals surface area contributed by atoms with Crippen molar-refractivity contribution in [3.63, 3.8) is 0 Å². The molecular weight excluding hydrogens is 243 g/mol. The molecule has 3 nitrogen and oxygen atoms in total. The van der Waals surface area contributed by atoms with Crippen molar-refractivity contribution in [3.05, 3.63) is 29.6 Å². The summed E-state index contributed by atoms with van der Waals surface area (Å²) in [6.45, 7) is 5.84. The van der Waals surface area contributed by atoms with Gasteiger partial charge in [0.1, 0.15) is 5.82 Å². The van der Waals surface area contributed by atoms with E-state index in [0.717, 1.165) is 6.42 Å². The van der Waals surface area contributed by atoms with E-state index in [4.69, 9.17) is 5.73 Å². The molecule has 0 heterocycles. The molecule has 0 aliphatic carbocycles. The van der Waals surface area contributed by atoms with Gasteiger partial charge in [0.15, 0.2) is 0 Å². The highest BCUT2D eigenvalue weighted by molar-refractivity contribution is 5.94. The summed E-state index contributed by atoms with van der Waals surface area (Å²) in [5.74, 6) is 4.71. The smallest absolute Gasteiger partial charge is 0.230 e. The first-order valence-electron chi connectivity index (χ1n) is 6.20. The van der Waals surface area contributed by atoms with Crippen molar-refractivity contribution in [2.75, 3.05) is 11.9 Å². The Balaban J connectivity index is 2.95. The molecule has 1 aromatic rings. The van der Waals surface area contributed by atoms with Gasteiger partial charge in [0.2, 0.25) is 5.91 Å². The maximum Gasteiger partial charge on any atom is 0.230 e. The van der Waals surface area contributed by atoms with Crippen LogP contribution in [0.2, 0.25) is 0 Å². The number of hydrogen-bond donors (Lipinski definition) is 2. The molecule has 0 aromatic heterocycles. The van der Waals surface area contributed by atoms with Gasteiger partial charge < -0.3 is 11.1 Å². The zero-order valence-electron chi connectivity index (χ0n) is 11.5. The van der Waals surface area contributed by atoms with Gasteiger partial charge in [-0.1, -0.05) is 32.6 Å². The quantitative estimate of drug-likeness (QED) is 0.822. The van der Waals surface area contributed by atoms with Crippen LogP contribution in [-0.4, -0.2) is 12.5 Å².